The number of likely N-dealkylation sites (tertiary alicyclic amines) is 1. The number of nitrogens with one attached hydrogen (secondary N) is 1. The number of ether oxygens (including phenoxy) is 1. The Morgan fingerprint density at radius 1 is 1.55 bits per heavy atom. The molecule has 5 heteroatoms. The fourth-order valence-corrected chi connectivity index (χ4v) is 2.70. The van der Waals surface area contributed by atoms with Gasteiger partial charge in [-0.2, -0.15) is 0 Å². The van der Waals surface area contributed by atoms with Gasteiger partial charge in [-0.3, -0.25) is 10.3 Å². The summed E-state index contributed by atoms with van der Waals surface area (Å²) in [6.07, 6.45) is 1.25. The van der Waals surface area contributed by atoms with Crippen LogP contribution in [0.4, 0.5) is 4.39 Å². The zero-order chi connectivity index (χ0) is 14.7. The molecule has 0 bridgehead atoms. The Bertz CT molecular complexity index is 492. The second kappa shape index (κ2) is 6.33. The molecule has 4 nitrogen and oxygen atoms in total. The molecule has 110 valence electrons. The number of piperidine rings is 1. The van der Waals surface area contributed by atoms with Gasteiger partial charge in [-0.15, -0.1) is 0 Å². The summed E-state index contributed by atoms with van der Waals surface area (Å²) >= 11 is 0. The smallest absolute Gasteiger partial charge is 0.138 e. The molecule has 1 heterocycles. The summed E-state index contributed by atoms with van der Waals surface area (Å²) in [6.45, 7) is 4.45. The Labute approximate surface area is 119 Å². The molecular formula is C15H22FN3O. The number of hydrogen-bond donors (Lipinski definition) is 2. The largest absolute Gasteiger partial charge is 0.384 e. The number of methoxy groups -OCH3 is 1. The lowest BCUT2D eigenvalue weighted by Crippen LogP contribution is -2.43. The Morgan fingerprint density at radius 3 is 2.95 bits per heavy atom. The molecule has 1 aromatic rings. The van der Waals surface area contributed by atoms with Crippen molar-refractivity contribution in [3.63, 3.8) is 0 Å². The molecule has 2 rings (SSSR count). The minimum Gasteiger partial charge on any atom is -0.384 e. The van der Waals surface area contributed by atoms with E-state index in [1.807, 2.05) is 0 Å². The average Bonchev–Trinajstić information content (AvgIpc) is 2.42. The lowest BCUT2D eigenvalue weighted by atomic mass is 9.95. The van der Waals surface area contributed by atoms with Crippen LogP contribution in [0.5, 0.6) is 0 Å². The van der Waals surface area contributed by atoms with Crippen LogP contribution in [0.2, 0.25) is 0 Å². The first-order chi connectivity index (χ1) is 9.52. The SMILES string of the molecule is COC1CN(Cc2cccc(C(=N)N)c2F)CCC1C. The maximum atomic E-state index is 14.3. The first-order valence-electron chi connectivity index (χ1n) is 6.90. The van der Waals surface area contributed by atoms with Crippen molar-refractivity contribution in [1.82, 2.24) is 4.90 Å². The van der Waals surface area contributed by atoms with E-state index in [0.29, 0.717) is 18.0 Å². The molecule has 1 aliphatic heterocycles. The standard InChI is InChI=1S/C15H22FN3O/c1-10-6-7-19(9-13(10)20-2)8-11-4-3-5-12(14(11)16)15(17)18/h3-5,10,13H,6-9H2,1-2H3,(H3,17,18). The predicted molar refractivity (Wildman–Crippen MR) is 77.3 cm³/mol. The van der Waals surface area contributed by atoms with E-state index in [9.17, 15) is 4.39 Å². The zero-order valence-corrected chi connectivity index (χ0v) is 12.0. The van der Waals surface area contributed by atoms with Gasteiger partial charge in [-0.1, -0.05) is 19.1 Å². The molecule has 2 atom stereocenters. The van der Waals surface area contributed by atoms with E-state index in [1.165, 1.54) is 6.07 Å². The van der Waals surface area contributed by atoms with Crippen LogP contribution >= 0.6 is 0 Å². The predicted octanol–water partition coefficient (Wildman–Crippen LogP) is 1.97. The summed E-state index contributed by atoms with van der Waals surface area (Å²) < 4.78 is 19.7. The molecule has 2 unspecified atom stereocenters. The van der Waals surface area contributed by atoms with Crippen LogP contribution in [0.25, 0.3) is 0 Å². The average molecular weight is 279 g/mol. The number of halogens is 1. The second-order valence-corrected chi connectivity index (χ2v) is 5.47. The number of rotatable bonds is 4. The van der Waals surface area contributed by atoms with Gasteiger partial charge in [0.2, 0.25) is 0 Å². The summed E-state index contributed by atoms with van der Waals surface area (Å²) in [4.78, 5) is 2.19. The lowest BCUT2D eigenvalue weighted by molar-refractivity contribution is -0.00772. The molecule has 1 aromatic carbocycles. The van der Waals surface area contributed by atoms with E-state index in [-0.39, 0.29) is 23.3 Å². The molecule has 0 saturated carbocycles. The molecule has 0 radical (unpaired) electrons. The Morgan fingerprint density at radius 2 is 2.30 bits per heavy atom. The highest BCUT2D eigenvalue weighted by molar-refractivity contribution is 5.95. The maximum absolute atomic E-state index is 14.3. The summed E-state index contributed by atoms with van der Waals surface area (Å²) in [5.41, 5.74) is 6.15. The number of amidine groups is 1. The fraction of sp³-hybridized carbons (Fsp3) is 0.533. The third-order valence-electron chi connectivity index (χ3n) is 4.04. The summed E-state index contributed by atoms with van der Waals surface area (Å²) in [5, 5.41) is 7.38. The molecule has 20 heavy (non-hydrogen) atoms. The molecule has 0 aliphatic carbocycles. The molecular weight excluding hydrogens is 257 g/mol. The monoisotopic (exact) mass is 279 g/mol. The van der Waals surface area contributed by atoms with Gasteiger partial charge in [-0.25, -0.2) is 4.39 Å². The summed E-state index contributed by atoms with van der Waals surface area (Å²) in [7, 11) is 1.72. The van der Waals surface area contributed by atoms with Gasteiger partial charge in [0.25, 0.3) is 0 Å². The molecule has 0 aromatic heterocycles. The van der Waals surface area contributed by atoms with Crippen LogP contribution in [0.15, 0.2) is 18.2 Å². The highest BCUT2D eigenvalue weighted by atomic mass is 19.1. The first-order valence-corrected chi connectivity index (χ1v) is 6.90. The van der Waals surface area contributed by atoms with Gasteiger partial charge in [0.15, 0.2) is 0 Å². The molecule has 0 spiro atoms. The Balaban J connectivity index is 2.11. The van der Waals surface area contributed by atoms with Gasteiger partial charge in [0, 0.05) is 25.8 Å². The van der Waals surface area contributed by atoms with Crippen LogP contribution in [-0.2, 0) is 11.3 Å². The van der Waals surface area contributed by atoms with Crippen LogP contribution in [0, 0.1) is 17.1 Å². The Kier molecular flexibility index (Phi) is 4.73. The van der Waals surface area contributed by atoms with Gasteiger partial charge in [0.1, 0.15) is 11.7 Å². The topological polar surface area (TPSA) is 62.3 Å². The quantitative estimate of drug-likeness (QED) is 0.654. The van der Waals surface area contributed by atoms with E-state index in [0.717, 1.165) is 19.5 Å². The van der Waals surface area contributed by atoms with Crippen molar-refractivity contribution in [1.29, 1.82) is 5.41 Å². The first kappa shape index (κ1) is 14.9. The zero-order valence-electron chi connectivity index (χ0n) is 12.0. The van der Waals surface area contributed by atoms with E-state index in [2.05, 4.69) is 11.8 Å². The highest BCUT2D eigenvalue weighted by Crippen LogP contribution is 2.22. The normalized spacial score (nSPS) is 23.8. The fourth-order valence-electron chi connectivity index (χ4n) is 2.70. The van der Waals surface area contributed by atoms with Crippen LogP contribution in [0.3, 0.4) is 0 Å². The second-order valence-electron chi connectivity index (χ2n) is 5.47. The van der Waals surface area contributed by atoms with Crippen molar-refractivity contribution in [3.05, 3.63) is 35.1 Å². The van der Waals surface area contributed by atoms with Crippen molar-refractivity contribution >= 4 is 5.84 Å². The third kappa shape index (κ3) is 3.16. The maximum Gasteiger partial charge on any atom is 0.138 e. The summed E-state index contributed by atoms with van der Waals surface area (Å²) in [6, 6.07) is 5.04. The number of hydrogen-bond acceptors (Lipinski definition) is 3. The minimum atomic E-state index is -0.382. The van der Waals surface area contributed by atoms with E-state index in [4.69, 9.17) is 15.9 Å². The molecule has 0 amide bonds. The number of nitrogen functional groups attached to an aromatic ring is 1. The van der Waals surface area contributed by atoms with Crippen LogP contribution in [-0.4, -0.2) is 37.0 Å². The van der Waals surface area contributed by atoms with Gasteiger partial charge < -0.3 is 10.5 Å². The molecule has 1 fully saturated rings. The minimum absolute atomic E-state index is 0.177. The van der Waals surface area contributed by atoms with Crippen molar-refractivity contribution in [2.24, 2.45) is 11.7 Å². The Hall–Kier alpha value is -1.46. The third-order valence-corrected chi connectivity index (χ3v) is 4.04. The number of nitrogens with two attached hydrogens (primary N) is 1. The lowest BCUT2D eigenvalue weighted by Gasteiger charge is -2.36. The van der Waals surface area contributed by atoms with E-state index in [1.54, 1.807) is 19.2 Å². The van der Waals surface area contributed by atoms with Crippen LogP contribution < -0.4 is 5.73 Å². The highest BCUT2D eigenvalue weighted by Gasteiger charge is 2.26. The molecule has 3 N–H and O–H groups in total. The van der Waals surface area contributed by atoms with Crippen molar-refractivity contribution in [3.8, 4) is 0 Å². The van der Waals surface area contributed by atoms with Crippen LogP contribution in [0.1, 0.15) is 24.5 Å². The van der Waals surface area contributed by atoms with Gasteiger partial charge in [0.05, 0.1) is 11.7 Å². The molecule has 1 aliphatic rings. The van der Waals surface area contributed by atoms with Gasteiger partial charge >= 0.3 is 0 Å². The van der Waals surface area contributed by atoms with Crippen molar-refractivity contribution in [2.45, 2.75) is 26.0 Å². The molecule has 1 saturated heterocycles. The summed E-state index contributed by atoms with van der Waals surface area (Å²) in [5.74, 6) is -0.0800. The van der Waals surface area contributed by atoms with E-state index < -0.39 is 0 Å². The number of benzene rings is 1. The van der Waals surface area contributed by atoms with Crippen molar-refractivity contribution in [2.75, 3.05) is 20.2 Å². The van der Waals surface area contributed by atoms with E-state index >= 15 is 0 Å². The number of nitrogens with zero attached hydrogens (tertiary/aromatic N) is 1. The van der Waals surface area contributed by atoms with Gasteiger partial charge in [-0.05, 0) is 24.9 Å². The van der Waals surface area contributed by atoms with Crippen molar-refractivity contribution < 1.29 is 9.13 Å².